The molecule has 0 bridgehead atoms. The van der Waals surface area contributed by atoms with Crippen LogP contribution in [-0.4, -0.2) is 36.7 Å². The molecule has 26 heavy (non-hydrogen) atoms. The van der Waals surface area contributed by atoms with Crippen molar-refractivity contribution in [3.63, 3.8) is 0 Å². The lowest BCUT2D eigenvalue weighted by Gasteiger charge is -2.29. The topological polar surface area (TPSA) is 101 Å². The van der Waals surface area contributed by atoms with Crippen LogP contribution in [-0.2, 0) is 14.4 Å². The van der Waals surface area contributed by atoms with E-state index < -0.39 is 5.54 Å². The smallest absolute Gasteiger partial charge is 0.220 e. The highest BCUT2D eigenvalue weighted by atomic mass is 16.2. The van der Waals surface area contributed by atoms with Gasteiger partial charge in [-0.25, -0.2) is 0 Å². The number of Topliss-reactive ketones (excluding diaryl/α,β-unsaturated/α-hetero) is 1. The molecule has 1 unspecified atom stereocenters. The van der Waals surface area contributed by atoms with Crippen molar-refractivity contribution in [2.45, 2.75) is 98.4 Å². The van der Waals surface area contributed by atoms with E-state index in [4.69, 9.17) is 5.73 Å². The minimum absolute atomic E-state index is 0.0508. The molecule has 4 N–H and O–H groups in total. The summed E-state index contributed by atoms with van der Waals surface area (Å²) in [7, 11) is 1.57. The SMILES string of the molecule is CCC.CCC.CCNC(=O)CCC(N)(CCC(C)=O)CCC(=O)NC. The molecule has 0 fully saturated rings. The van der Waals surface area contributed by atoms with Crippen molar-refractivity contribution >= 4 is 17.6 Å². The Balaban J connectivity index is -0.000000768. The van der Waals surface area contributed by atoms with Gasteiger partial charge in [0.1, 0.15) is 5.78 Å². The predicted octanol–water partition coefficient (Wildman–Crippen LogP) is 3.33. The Kier molecular flexibility index (Phi) is 22.4. The summed E-state index contributed by atoms with van der Waals surface area (Å²) in [6.07, 6.45) is 4.94. The Morgan fingerprint density at radius 2 is 1.19 bits per heavy atom. The fourth-order valence-corrected chi connectivity index (χ4v) is 1.94. The lowest BCUT2D eigenvalue weighted by atomic mass is 9.84. The summed E-state index contributed by atoms with van der Waals surface area (Å²) in [5, 5.41) is 5.27. The Labute approximate surface area is 161 Å². The van der Waals surface area contributed by atoms with Gasteiger partial charge in [-0.2, -0.15) is 0 Å². The molecule has 0 heterocycles. The molecule has 0 saturated carbocycles. The molecule has 1 atom stereocenters. The molecule has 0 aliphatic rings. The van der Waals surface area contributed by atoms with Crippen LogP contribution >= 0.6 is 0 Å². The Morgan fingerprint density at radius 1 is 0.808 bits per heavy atom. The number of ketones is 1. The maximum absolute atomic E-state index is 11.5. The first-order valence-corrected chi connectivity index (χ1v) is 9.91. The maximum atomic E-state index is 11.5. The summed E-state index contributed by atoms with van der Waals surface area (Å²) in [4.78, 5) is 33.9. The summed E-state index contributed by atoms with van der Waals surface area (Å²) < 4.78 is 0. The van der Waals surface area contributed by atoms with E-state index >= 15 is 0 Å². The van der Waals surface area contributed by atoms with E-state index in [-0.39, 0.29) is 17.6 Å². The van der Waals surface area contributed by atoms with Crippen molar-refractivity contribution in [3.8, 4) is 0 Å². The number of hydrogen-bond acceptors (Lipinski definition) is 4. The monoisotopic (exact) mass is 373 g/mol. The quantitative estimate of drug-likeness (QED) is 0.546. The van der Waals surface area contributed by atoms with Crippen LogP contribution in [0.2, 0.25) is 0 Å². The second-order valence-electron chi connectivity index (χ2n) is 6.61. The van der Waals surface area contributed by atoms with Crippen LogP contribution in [0, 0.1) is 0 Å². The molecule has 0 aromatic rings. The molecule has 6 heteroatoms. The lowest BCUT2D eigenvalue weighted by Crippen LogP contribution is -2.42. The predicted molar refractivity (Wildman–Crippen MR) is 110 cm³/mol. The fraction of sp³-hybridized carbons (Fsp3) is 0.850. The molecule has 0 aliphatic heterocycles. The van der Waals surface area contributed by atoms with Gasteiger partial charge in [-0.1, -0.05) is 40.5 Å². The molecule has 0 rings (SSSR count). The number of nitrogens with two attached hydrogens (primary N) is 1. The van der Waals surface area contributed by atoms with Crippen LogP contribution < -0.4 is 16.4 Å². The van der Waals surface area contributed by atoms with Crippen molar-refractivity contribution in [1.82, 2.24) is 10.6 Å². The number of carbonyl (C=O) groups excluding carboxylic acids is 3. The third kappa shape index (κ3) is 22.6. The summed E-state index contributed by atoms with van der Waals surface area (Å²) in [6.45, 7) is 12.5. The van der Waals surface area contributed by atoms with Gasteiger partial charge in [-0.05, 0) is 33.1 Å². The minimum atomic E-state index is -0.650. The van der Waals surface area contributed by atoms with Crippen LogP contribution in [0.4, 0.5) is 0 Å². The van der Waals surface area contributed by atoms with Gasteiger partial charge >= 0.3 is 0 Å². The van der Waals surface area contributed by atoms with E-state index in [1.54, 1.807) is 7.05 Å². The normalized spacial score (nSPS) is 11.7. The number of carbonyl (C=O) groups is 3. The van der Waals surface area contributed by atoms with Gasteiger partial charge in [0.2, 0.25) is 11.8 Å². The first-order chi connectivity index (χ1) is 12.2. The zero-order chi connectivity index (χ0) is 21.0. The zero-order valence-corrected chi connectivity index (χ0v) is 18.2. The summed E-state index contributed by atoms with van der Waals surface area (Å²) >= 11 is 0. The molecule has 156 valence electrons. The summed E-state index contributed by atoms with van der Waals surface area (Å²) in [5.41, 5.74) is 5.63. The van der Waals surface area contributed by atoms with E-state index in [1.807, 2.05) is 6.92 Å². The van der Waals surface area contributed by atoms with Gasteiger partial charge in [0, 0.05) is 38.4 Å². The molecular formula is C20H43N3O3. The summed E-state index contributed by atoms with van der Waals surface area (Å²) in [5.74, 6) is -0.0662. The highest BCUT2D eigenvalue weighted by Crippen LogP contribution is 2.22. The lowest BCUT2D eigenvalue weighted by molar-refractivity contribution is -0.121. The third-order valence-corrected chi connectivity index (χ3v) is 3.33. The van der Waals surface area contributed by atoms with Gasteiger partial charge in [0.25, 0.3) is 0 Å². The van der Waals surface area contributed by atoms with Crippen LogP contribution in [0.25, 0.3) is 0 Å². The number of nitrogens with one attached hydrogen (secondary N) is 2. The maximum Gasteiger partial charge on any atom is 0.220 e. The average molecular weight is 374 g/mol. The van der Waals surface area contributed by atoms with Crippen LogP contribution in [0.3, 0.4) is 0 Å². The van der Waals surface area contributed by atoms with Crippen molar-refractivity contribution in [3.05, 3.63) is 0 Å². The van der Waals surface area contributed by atoms with Crippen molar-refractivity contribution in [2.75, 3.05) is 13.6 Å². The van der Waals surface area contributed by atoms with E-state index in [9.17, 15) is 14.4 Å². The first kappa shape index (κ1) is 29.3. The van der Waals surface area contributed by atoms with E-state index in [1.165, 1.54) is 19.8 Å². The van der Waals surface area contributed by atoms with E-state index in [0.717, 1.165) is 0 Å². The zero-order valence-electron chi connectivity index (χ0n) is 18.2. The highest BCUT2D eigenvalue weighted by molar-refractivity contribution is 5.77. The fourth-order valence-electron chi connectivity index (χ4n) is 1.94. The molecule has 0 aliphatic carbocycles. The van der Waals surface area contributed by atoms with Gasteiger partial charge in [0.05, 0.1) is 0 Å². The summed E-state index contributed by atoms with van der Waals surface area (Å²) in [6, 6.07) is 0. The number of hydrogen-bond donors (Lipinski definition) is 3. The average Bonchev–Trinajstić information content (AvgIpc) is 2.58. The van der Waals surface area contributed by atoms with Gasteiger partial charge in [-0.3, -0.25) is 9.59 Å². The second kappa shape index (κ2) is 19.9. The molecule has 0 spiro atoms. The van der Waals surface area contributed by atoms with Gasteiger partial charge in [0.15, 0.2) is 0 Å². The second-order valence-corrected chi connectivity index (χ2v) is 6.61. The standard InChI is InChI=1S/C14H27N3O3.2C3H8/c1-4-17-13(20)7-10-14(15,8-5-11(2)18)9-6-12(19)16-3;2*1-3-2/h4-10,15H2,1-3H3,(H,16,19)(H,17,20);2*3H2,1-2H3. The van der Waals surface area contributed by atoms with Gasteiger partial charge in [-0.15, -0.1) is 0 Å². The molecule has 0 aromatic heterocycles. The van der Waals surface area contributed by atoms with Crippen molar-refractivity contribution < 1.29 is 14.4 Å². The molecule has 2 amide bonds. The largest absolute Gasteiger partial charge is 0.359 e. The van der Waals surface area contributed by atoms with Crippen LogP contribution in [0.15, 0.2) is 0 Å². The number of amides is 2. The highest BCUT2D eigenvalue weighted by Gasteiger charge is 2.26. The first-order valence-electron chi connectivity index (χ1n) is 9.91. The van der Waals surface area contributed by atoms with Crippen LogP contribution in [0.5, 0.6) is 0 Å². The Morgan fingerprint density at radius 3 is 1.54 bits per heavy atom. The molecular weight excluding hydrogens is 330 g/mol. The number of rotatable bonds is 10. The molecule has 0 saturated heterocycles. The Bertz CT molecular complexity index is 371. The molecule has 0 aromatic carbocycles. The third-order valence-electron chi connectivity index (χ3n) is 3.33. The van der Waals surface area contributed by atoms with Crippen molar-refractivity contribution in [1.29, 1.82) is 0 Å². The van der Waals surface area contributed by atoms with Gasteiger partial charge < -0.3 is 21.2 Å². The van der Waals surface area contributed by atoms with Crippen molar-refractivity contribution in [2.24, 2.45) is 5.73 Å². The molecule has 0 radical (unpaired) electrons. The molecule has 6 nitrogen and oxygen atoms in total. The van der Waals surface area contributed by atoms with E-state index in [2.05, 4.69) is 38.3 Å². The van der Waals surface area contributed by atoms with E-state index in [0.29, 0.717) is 45.1 Å². The van der Waals surface area contributed by atoms with Crippen LogP contribution in [0.1, 0.15) is 92.9 Å². The minimum Gasteiger partial charge on any atom is -0.359 e. The Hall–Kier alpha value is -1.43.